The molecule has 0 spiro atoms. The van der Waals surface area contributed by atoms with Crippen molar-refractivity contribution in [1.29, 1.82) is 0 Å². The van der Waals surface area contributed by atoms with E-state index in [1.807, 2.05) is 16.8 Å². The van der Waals surface area contributed by atoms with Gasteiger partial charge < -0.3 is 11.1 Å². The Morgan fingerprint density at radius 3 is 2.94 bits per heavy atom. The lowest BCUT2D eigenvalue weighted by molar-refractivity contribution is -0.115. The van der Waals surface area contributed by atoms with Crippen molar-refractivity contribution in [3.8, 4) is 0 Å². The van der Waals surface area contributed by atoms with Gasteiger partial charge in [0.1, 0.15) is 0 Å². The summed E-state index contributed by atoms with van der Waals surface area (Å²) in [6.45, 7) is 0. The van der Waals surface area contributed by atoms with Gasteiger partial charge in [-0.1, -0.05) is 17.7 Å². The third kappa shape index (κ3) is 2.99. The van der Waals surface area contributed by atoms with Gasteiger partial charge in [0.05, 0.1) is 22.8 Å². The Morgan fingerprint density at radius 2 is 2.24 bits per heavy atom. The van der Waals surface area contributed by atoms with Crippen LogP contribution < -0.4 is 11.1 Å². The van der Waals surface area contributed by atoms with Crippen LogP contribution in [-0.4, -0.2) is 5.91 Å². The number of nitrogen functional groups attached to an aromatic ring is 1. The molecule has 0 atom stereocenters. The standard InChI is InChI=1S/C12H11ClN2OS/c13-12-9(14)2-1-3-10(12)15-11(16)6-8-4-5-17-7-8/h1-5,7H,6,14H2,(H,15,16). The van der Waals surface area contributed by atoms with E-state index in [0.717, 1.165) is 5.56 Å². The molecule has 1 amide bonds. The van der Waals surface area contributed by atoms with E-state index in [0.29, 0.717) is 22.8 Å². The molecule has 0 aliphatic heterocycles. The minimum atomic E-state index is -0.101. The minimum absolute atomic E-state index is 0.101. The molecule has 1 aromatic carbocycles. The van der Waals surface area contributed by atoms with E-state index in [-0.39, 0.29) is 5.91 Å². The fraction of sp³-hybridized carbons (Fsp3) is 0.0833. The zero-order valence-electron chi connectivity index (χ0n) is 8.94. The molecule has 0 radical (unpaired) electrons. The summed E-state index contributed by atoms with van der Waals surface area (Å²) in [5.41, 5.74) is 7.65. The van der Waals surface area contributed by atoms with Crippen LogP contribution in [0.5, 0.6) is 0 Å². The van der Waals surface area contributed by atoms with Crippen LogP contribution in [0, 0.1) is 0 Å². The Labute approximate surface area is 108 Å². The summed E-state index contributed by atoms with van der Waals surface area (Å²) in [5, 5.41) is 7.01. The molecule has 0 aliphatic carbocycles. The Balaban J connectivity index is 2.06. The van der Waals surface area contributed by atoms with Gasteiger partial charge in [0, 0.05) is 0 Å². The molecule has 2 aromatic rings. The largest absolute Gasteiger partial charge is 0.397 e. The number of carbonyl (C=O) groups is 1. The smallest absolute Gasteiger partial charge is 0.228 e. The number of nitrogens with two attached hydrogens (primary N) is 1. The normalized spacial score (nSPS) is 10.2. The van der Waals surface area contributed by atoms with Gasteiger partial charge in [-0.25, -0.2) is 0 Å². The van der Waals surface area contributed by atoms with E-state index in [9.17, 15) is 4.79 Å². The van der Waals surface area contributed by atoms with Crippen LogP contribution in [0.3, 0.4) is 0 Å². The summed E-state index contributed by atoms with van der Waals surface area (Å²) < 4.78 is 0. The van der Waals surface area contributed by atoms with Gasteiger partial charge in [0.2, 0.25) is 5.91 Å². The molecule has 3 N–H and O–H groups in total. The van der Waals surface area contributed by atoms with Gasteiger partial charge in [-0.15, -0.1) is 0 Å². The average molecular weight is 267 g/mol. The summed E-state index contributed by atoms with van der Waals surface area (Å²) in [7, 11) is 0. The summed E-state index contributed by atoms with van der Waals surface area (Å²) in [6.07, 6.45) is 0.342. The van der Waals surface area contributed by atoms with Crippen LogP contribution >= 0.6 is 22.9 Å². The molecule has 0 aliphatic rings. The minimum Gasteiger partial charge on any atom is -0.397 e. The fourth-order valence-electron chi connectivity index (χ4n) is 1.42. The number of nitrogens with one attached hydrogen (secondary N) is 1. The molecule has 88 valence electrons. The highest BCUT2D eigenvalue weighted by molar-refractivity contribution is 7.08. The van der Waals surface area contributed by atoms with E-state index in [1.165, 1.54) is 0 Å². The first-order chi connectivity index (χ1) is 8.16. The summed E-state index contributed by atoms with van der Waals surface area (Å²) in [6, 6.07) is 7.09. The first kappa shape index (κ1) is 12.0. The first-order valence-corrected chi connectivity index (χ1v) is 6.34. The topological polar surface area (TPSA) is 55.1 Å². The van der Waals surface area contributed by atoms with Gasteiger partial charge >= 0.3 is 0 Å². The van der Waals surface area contributed by atoms with E-state index in [4.69, 9.17) is 17.3 Å². The van der Waals surface area contributed by atoms with Crippen molar-refractivity contribution in [3.63, 3.8) is 0 Å². The van der Waals surface area contributed by atoms with Gasteiger partial charge in [-0.05, 0) is 34.5 Å². The Bertz CT molecular complexity index is 525. The SMILES string of the molecule is Nc1cccc(NC(=O)Cc2ccsc2)c1Cl. The van der Waals surface area contributed by atoms with Crippen molar-refractivity contribution in [2.75, 3.05) is 11.1 Å². The van der Waals surface area contributed by atoms with Crippen LogP contribution in [0.4, 0.5) is 11.4 Å². The van der Waals surface area contributed by atoms with Gasteiger partial charge in [-0.2, -0.15) is 11.3 Å². The number of benzene rings is 1. The highest BCUT2D eigenvalue weighted by Crippen LogP contribution is 2.27. The monoisotopic (exact) mass is 266 g/mol. The number of rotatable bonds is 3. The molecule has 1 aromatic heterocycles. The maximum absolute atomic E-state index is 11.7. The third-order valence-corrected chi connectivity index (χ3v) is 3.40. The zero-order valence-corrected chi connectivity index (χ0v) is 10.5. The van der Waals surface area contributed by atoms with E-state index < -0.39 is 0 Å². The van der Waals surface area contributed by atoms with E-state index in [1.54, 1.807) is 29.5 Å². The Kier molecular flexibility index (Phi) is 3.66. The lowest BCUT2D eigenvalue weighted by Gasteiger charge is -2.08. The van der Waals surface area contributed by atoms with E-state index >= 15 is 0 Å². The number of hydrogen-bond donors (Lipinski definition) is 2. The predicted octanol–water partition coefficient (Wildman–Crippen LogP) is 3.16. The van der Waals surface area contributed by atoms with Crippen LogP contribution in [0.15, 0.2) is 35.0 Å². The van der Waals surface area contributed by atoms with Crippen molar-refractivity contribution in [3.05, 3.63) is 45.6 Å². The number of carbonyl (C=O) groups excluding carboxylic acids is 1. The van der Waals surface area contributed by atoms with E-state index in [2.05, 4.69) is 5.32 Å². The molecule has 0 bridgehead atoms. The molecule has 2 rings (SSSR count). The van der Waals surface area contributed by atoms with Crippen LogP contribution in [0.2, 0.25) is 5.02 Å². The molecule has 0 saturated carbocycles. The summed E-state index contributed by atoms with van der Waals surface area (Å²) in [4.78, 5) is 11.7. The van der Waals surface area contributed by atoms with Crippen LogP contribution in [0.25, 0.3) is 0 Å². The van der Waals surface area contributed by atoms with Gasteiger partial charge in [0.15, 0.2) is 0 Å². The zero-order chi connectivity index (χ0) is 12.3. The van der Waals surface area contributed by atoms with Crippen molar-refractivity contribution in [2.45, 2.75) is 6.42 Å². The second kappa shape index (κ2) is 5.21. The van der Waals surface area contributed by atoms with Gasteiger partial charge in [-0.3, -0.25) is 4.79 Å². The average Bonchev–Trinajstić information content (AvgIpc) is 2.77. The molecule has 0 unspecified atom stereocenters. The number of thiophene rings is 1. The van der Waals surface area contributed by atoms with Crippen molar-refractivity contribution in [1.82, 2.24) is 0 Å². The van der Waals surface area contributed by atoms with Crippen molar-refractivity contribution >= 4 is 40.2 Å². The number of anilines is 2. The van der Waals surface area contributed by atoms with Crippen molar-refractivity contribution < 1.29 is 4.79 Å². The predicted molar refractivity (Wildman–Crippen MR) is 72.5 cm³/mol. The maximum atomic E-state index is 11.7. The Hall–Kier alpha value is -1.52. The highest BCUT2D eigenvalue weighted by atomic mass is 35.5. The third-order valence-electron chi connectivity index (χ3n) is 2.25. The molecule has 0 fully saturated rings. The molecule has 5 heteroatoms. The first-order valence-electron chi connectivity index (χ1n) is 5.01. The van der Waals surface area contributed by atoms with Crippen molar-refractivity contribution in [2.24, 2.45) is 0 Å². The molecule has 0 saturated heterocycles. The van der Waals surface area contributed by atoms with Gasteiger partial charge in [0.25, 0.3) is 0 Å². The fourth-order valence-corrected chi connectivity index (χ4v) is 2.26. The maximum Gasteiger partial charge on any atom is 0.228 e. The number of hydrogen-bond acceptors (Lipinski definition) is 3. The summed E-state index contributed by atoms with van der Waals surface area (Å²) >= 11 is 7.55. The molecule has 3 nitrogen and oxygen atoms in total. The quantitative estimate of drug-likeness (QED) is 0.839. The molecule has 1 heterocycles. The lowest BCUT2D eigenvalue weighted by atomic mass is 10.2. The van der Waals surface area contributed by atoms with Crippen LogP contribution in [0.1, 0.15) is 5.56 Å². The second-order valence-corrected chi connectivity index (χ2v) is 4.72. The summed E-state index contributed by atoms with van der Waals surface area (Å²) in [5.74, 6) is -0.101. The lowest BCUT2D eigenvalue weighted by Crippen LogP contribution is -2.14. The number of halogens is 1. The van der Waals surface area contributed by atoms with Crippen LogP contribution in [-0.2, 0) is 11.2 Å². The Morgan fingerprint density at radius 1 is 1.41 bits per heavy atom. The number of amides is 1. The second-order valence-electron chi connectivity index (χ2n) is 3.57. The highest BCUT2D eigenvalue weighted by Gasteiger charge is 2.08. The molecule has 17 heavy (non-hydrogen) atoms. The molecular weight excluding hydrogens is 256 g/mol. The molecular formula is C12H11ClN2OS.